The summed E-state index contributed by atoms with van der Waals surface area (Å²) in [6.45, 7) is 2.28. The Morgan fingerprint density at radius 1 is 0.962 bits per heavy atom. The lowest BCUT2D eigenvalue weighted by molar-refractivity contribution is 0.0587. The van der Waals surface area contributed by atoms with Gasteiger partial charge >= 0.3 is 18.0 Å². The zero-order chi connectivity index (χ0) is 19.1. The standard InChI is InChI=1S/C19H20N2O5/c1-12-5-4-6-13(9-12)11-20-19(24)21-16-10-14(17(22)25-2)7-8-15(16)18(23)26-3/h4-10H,11H2,1-3H3,(H2,20,21,24). The average Bonchev–Trinajstić information content (AvgIpc) is 2.65. The minimum Gasteiger partial charge on any atom is -0.465 e. The second-order valence-electron chi connectivity index (χ2n) is 5.54. The van der Waals surface area contributed by atoms with Crippen molar-refractivity contribution >= 4 is 23.7 Å². The minimum atomic E-state index is -0.629. The fraction of sp³-hybridized carbons (Fsp3) is 0.211. The van der Waals surface area contributed by atoms with Crippen molar-refractivity contribution < 1.29 is 23.9 Å². The first-order chi connectivity index (χ1) is 12.4. The summed E-state index contributed by atoms with van der Waals surface area (Å²) in [6.07, 6.45) is 0. The third-order valence-corrected chi connectivity index (χ3v) is 3.63. The first kappa shape index (κ1) is 19.0. The quantitative estimate of drug-likeness (QED) is 0.804. The number of rotatable bonds is 5. The molecule has 0 bridgehead atoms. The van der Waals surface area contributed by atoms with Gasteiger partial charge in [-0.1, -0.05) is 29.8 Å². The Kier molecular flexibility index (Phi) is 6.32. The SMILES string of the molecule is COC(=O)c1ccc(C(=O)OC)c(NC(=O)NCc2cccc(C)c2)c1. The van der Waals surface area contributed by atoms with Gasteiger partial charge in [-0.2, -0.15) is 0 Å². The molecule has 0 spiro atoms. The number of anilines is 1. The third kappa shape index (κ3) is 4.83. The highest BCUT2D eigenvalue weighted by Gasteiger charge is 2.17. The van der Waals surface area contributed by atoms with Gasteiger partial charge in [0.2, 0.25) is 0 Å². The Hall–Kier alpha value is -3.35. The van der Waals surface area contributed by atoms with Crippen LogP contribution >= 0.6 is 0 Å². The van der Waals surface area contributed by atoms with E-state index in [0.717, 1.165) is 11.1 Å². The van der Waals surface area contributed by atoms with Gasteiger partial charge in [0.15, 0.2) is 0 Å². The Labute approximate surface area is 151 Å². The number of esters is 2. The summed E-state index contributed by atoms with van der Waals surface area (Å²) in [5.41, 5.74) is 2.52. The van der Waals surface area contributed by atoms with Crippen molar-refractivity contribution in [1.29, 1.82) is 0 Å². The van der Waals surface area contributed by atoms with Crippen LogP contribution in [0, 0.1) is 6.92 Å². The van der Waals surface area contributed by atoms with Crippen molar-refractivity contribution in [2.24, 2.45) is 0 Å². The van der Waals surface area contributed by atoms with Gasteiger partial charge in [0.25, 0.3) is 0 Å². The van der Waals surface area contributed by atoms with Gasteiger partial charge in [-0.15, -0.1) is 0 Å². The van der Waals surface area contributed by atoms with E-state index in [0.29, 0.717) is 6.54 Å². The van der Waals surface area contributed by atoms with Crippen LogP contribution < -0.4 is 10.6 Å². The molecule has 0 radical (unpaired) electrons. The summed E-state index contributed by atoms with van der Waals surface area (Å²) in [5, 5.41) is 5.27. The molecule has 26 heavy (non-hydrogen) atoms. The van der Waals surface area contributed by atoms with Crippen LogP contribution in [0.3, 0.4) is 0 Å². The van der Waals surface area contributed by atoms with Crippen molar-refractivity contribution in [2.45, 2.75) is 13.5 Å². The van der Waals surface area contributed by atoms with Crippen LogP contribution in [0.2, 0.25) is 0 Å². The van der Waals surface area contributed by atoms with Crippen molar-refractivity contribution in [3.8, 4) is 0 Å². The summed E-state index contributed by atoms with van der Waals surface area (Å²) in [7, 11) is 2.48. The summed E-state index contributed by atoms with van der Waals surface area (Å²) >= 11 is 0. The third-order valence-electron chi connectivity index (χ3n) is 3.63. The predicted molar refractivity (Wildman–Crippen MR) is 96.2 cm³/mol. The van der Waals surface area contributed by atoms with Crippen LogP contribution in [-0.4, -0.2) is 32.2 Å². The number of carbonyl (C=O) groups excluding carboxylic acids is 3. The molecule has 2 rings (SSSR count). The maximum Gasteiger partial charge on any atom is 0.339 e. The van der Waals surface area contributed by atoms with E-state index >= 15 is 0 Å². The molecular weight excluding hydrogens is 336 g/mol. The second kappa shape index (κ2) is 8.66. The number of hydrogen-bond donors (Lipinski definition) is 2. The second-order valence-corrected chi connectivity index (χ2v) is 5.54. The van der Waals surface area contributed by atoms with Crippen molar-refractivity contribution in [3.63, 3.8) is 0 Å². The van der Waals surface area contributed by atoms with Gasteiger partial charge in [0.05, 0.1) is 31.0 Å². The Bertz CT molecular complexity index is 832. The molecule has 0 aliphatic rings. The smallest absolute Gasteiger partial charge is 0.339 e. The van der Waals surface area contributed by atoms with Crippen molar-refractivity contribution in [1.82, 2.24) is 5.32 Å². The first-order valence-corrected chi connectivity index (χ1v) is 7.85. The van der Waals surface area contributed by atoms with Crippen LogP contribution in [0.4, 0.5) is 10.5 Å². The van der Waals surface area contributed by atoms with E-state index in [1.165, 1.54) is 32.4 Å². The maximum atomic E-state index is 12.2. The zero-order valence-electron chi connectivity index (χ0n) is 14.8. The molecule has 0 atom stereocenters. The van der Waals surface area contributed by atoms with E-state index in [2.05, 4.69) is 15.4 Å². The number of ether oxygens (including phenoxy) is 2. The molecule has 0 aromatic heterocycles. The number of nitrogens with one attached hydrogen (secondary N) is 2. The van der Waals surface area contributed by atoms with Gasteiger partial charge < -0.3 is 20.1 Å². The van der Waals surface area contributed by atoms with Crippen molar-refractivity contribution in [2.75, 3.05) is 19.5 Å². The lowest BCUT2D eigenvalue weighted by Crippen LogP contribution is -2.29. The highest BCUT2D eigenvalue weighted by Crippen LogP contribution is 2.19. The van der Waals surface area contributed by atoms with Gasteiger partial charge in [-0.05, 0) is 30.7 Å². The van der Waals surface area contributed by atoms with E-state index in [4.69, 9.17) is 4.74 Å². The molecule has 2 amide bonds. The van der Waals surface area contributed by atoms with Crippen LogP contribution in [0.15, 0.2) is 42.5 Å². The molecule has 0 heterocycles. The summed E-state index contributed by atoms with van der Waals surface area (Å²) < 4.78 is 9.36. The van der Waals surface area contributed by atoms with Crippen LogP contribution in [0.5, 0.6) is 0 Å². The van der Waals surface area contributed by atoms with Gasteiger partial charge in [-0.25, -0.2) is 14.4 Å². The molecule has 2 N–H and O–H groups in total. The highest BCUT2D eigenvalue weighted by molar-refractivity contribution is 6.03. The zero-order valence-corrected chi connectivity index (χ0v) is 14.8. The number of aryl methyl sites for hydroxylation is 1. The molecule has 0 unspecified atom stereocenters. The number of hydrogen-bond acceptors (Lipinski definition) is 5. The summed E-state index contributed by atoms with van der Waals surface area (Å²) in [6, 6.07) is 11.4. The molecule has 136 valence electrons. The molecule has 0 fully saturated rings. The van der Waals surface area contributed by atoms with Crippen LogP contribution in [0.25, 0.3) is 0 Å². The van der Waals surface area contributed by atoms with Gasteiger partial charge in [0.1, 0.15) is 0 Å². The van der Waals surface area contributed by atoms with E-state index in [9.17, 15) is 14.4 Å². The number of methoxy groups -OCH3 is 2. The van der Waals surface area contributed by atoms with E-state index in [1.807, 2.05) is 31.2 Å². The molecule has 2 aromatic carbocycles. The van der Waals surface area contributed by atoms with E-state index in [-0.39, 0.29) is 16.8 Å². The number of carbonyl (C=O) groups is 3. The molecule has 7 nitrogen and oxygen atoms in total. The van der Waals surface area contributed by atoms with Crippen LogP contribution in [-0.2, 0) is 16.0 Å². The van der Waals surface area contributed by atoms with E-state index in [1.54, 1.807) is 0 Å². The fourth-order valence-electron chi connectivity index (χ4n) is 2.35. The fourth-order valence-corrected chi connectivity index (χ4v) is 2.35. The largest absolute Gasteiger partial charge is 0.465 e. The molecule has 0 aliphatic heterocycles. The van der Waals surface area contributed by atoms with Crippen LogP contribution in [0.1, 0.15) is 31.8 Å². The predicted octanol–water partition coefficient (Wildman–Crippen LogP) is 2.89. The summed E-state index contributed by atoms with van der Waals surface area (Å²) in [4.78, 5) is 35.7. The first-order valence-electron chi connectivity index (χ1n) is 7.85. The molecular formula is C19H20N2O5. The Balaban J connectivity index is 2.15. The Morgan fingerprint density at radius 2 is 1.69 bits per heavy atom. The maximum absolute atomic E-state index is 12.2. The van der Waals surface area contributed by atoms with Gasteiger partial charge in [-0.3, -0.25) is 0 Å². The van der Waals surface area contributed by atoms with Gasteiger partial charge in [0, 0.05) is 6.54 Å². The number of benzene rings is 2. The van der Waals surface area contributed by atoms with Crippen molar-refractivity contribution in [3.05, 3.63) is 64.7 Å². The van der Waals surface area contributed by atoms with E-state index < -0.39 is 18.0 Å². The molecule has 0 saturated heterocycles. The lowest BCUT2D eigenvalue weighted by Gasteiger charge is -2.12. The Morgan fingerprint density at radius 3 is 2.35 bits per heavy atom. The average molecular weight is 356 g/mol. The normalized spacial score (nSPS) is 9.96. The number of urea groups is 1. The molecule has 7 heteroatoms. The highest BCUT2D eigenvalue weighted by atomic mass is 16.5. The molecule has 0 aliphatic carbocycles. The summed E-state index contributed by atoms with van der Waals surface area (Å²) in [5.74, 6) is -1.21. The topological polar surface area (TPSA) is 93.7 Å². The molecule has 2 aromatic rings. The number of amides is 2. The molecule has 0 saturated carbocycles. The monoisotopic (exact) mass is 356 g/mol. The lowest BCUT2D eigenvalue weighted by atomic mass is 10.1. The minimum absolute atomic E-state index is 0.130.